The molecule has 2 rings (SSSR count). The van der Waals surface area contributed by atoms with Gasteiger partial charge in [0, 0.05) is 25.0 Å². The number of carboxylic acids is 1. The van der Waals surface area contributed by atoms with Crippen LogP contribution in [0.15, 0.2) is 66.8 Å². The summed E-state index contributed by atoms with van der Waals surface area (Å²) in [5, 5.41) is 12.1. The predicted molar refractivity (Wildman–Crippen MR) is 177 cm³/mol. The van der Waals surface area contributed by atoms with Crippen LogP contribution in [-0.2, 0) is 35.1 Å². The molecule has 250 valence electrons. The van der Waals surface area contributed by atoms with Crippen molar-refractivity contribution in [1.82, 2.24) is 5.32 Å². The van der Waals surface area contributed by atoms with Crippen LogP contribution in [0.1, 0.15) is 51.7 Å². The van der Waals surface area contributed by atoms with E-state index in [9.17, 15) is 19.2 Å². The summed E-state index contributed by atoms with van der Waals surface area (Å²) in [6.45, 7) is 7.14. The first-order valence-electron chi connectivity index (χ1n) is 15.2. The number of methoxy groups -OCH3 is 1. The second-order valence-electron chi connectivity index (χ2n) is 11.6. The first-order valence-corrected chi connectivity index (χ1v) is 15.6. The lowest BCUT2D eigenvalue weighted by molar-refractivity contribution is -0.175. The smallest absolute Gasteiger partial charge is 0.347 e. The fourth-order valence-electron chi connectivity index (χ4n) is 4.38. The molecule has 0 heterocycles. The lowest BCUT2D eigenvalue weighted by atomic mass is 9.99. The quantitative estimate of drug-likeness (QED) is 0.145. The van der Waals surface area contributed by atoms with Gasteiger partial charge < -0.3 is 30.4 Å². The van der Waals surface area contributed by atoms with Crippen LogP contribution < -0.4 is 15.8 Å². The van der Waals surface area contributed by atoms with E-state index in [1.165, 1.54) is 13.2 Å². The molecule has 0 aliphatic rings. The summed E-state index contributed by atoms with van der Waals surface area (Å²) in [6, 6.07) is 13.8. The van der Waals surface area contributed by atoms with E-state index in [0.29, 0.717) is 10.8 Å². The van der Waals surface area contributed by atoms with Gasteiger partial charge in [-0.25, -0.2) is 9.59 Å². The highest BCUT2D eigenvalue weighted by Crippen LogP contribution is 2.25. The molecule has 0 unspecified atom stereocenters. The molecule has 0 aromatic heterocycles. The van der Waals surface area contributed by atoms with Crippen molar-refractivity contribution in [2.24, 2.45) is 23.5 Å². The molecule has 46 heavy (non-hydrogen) atoms. The van der Waals surface area contributed by atoms with Gasteiger partial charge in [-0.1, -0.05) is 93.9 Å². The number of halogens is 1. The molecule has 0 spiro atoms. The monoisotopic (exact) mass is 656 g/mol. The Balaban J connectivity index is 2.03. The second-order valence-corrected chi connectivity index (χ2v) is 12.0. The number of esters is 2. The molecule has 0 radical (unpaired) electrons. The number of carbonyl (C=O) groups is 4. The van der Waals surface area contributed by atoms with Crippen molar-refractivity contribution < 1.29 is 38.5 Å². The number of hydrogen-bond donors (Lipinski definition) is 3. The Kier molecular flexibility index (Phi) is 16.0. The topological polar surface area (TPSA) is 154 Å². The number of carboxylic acid groups (broad SMARTS) is 1. The van der Waals surface area contributed by atoms with Crippen LogP contribution in [0.5, 0.6) is 5.75 Å². The third kappa shape index (κ3) is 13.5. The Morgan fingerprint density at radius 1 is 1.00 bits per heavy atom. The summed E-state index contributed by atoms with van der Waals surface area (Å²) in [4.78, 5) is 50.0. The average molecular weight is 657 g/mol. The summed E-state index contributed by atoms with van der Waals surface area (Å²) in [5.74, 6) is -3.55. The zero-order chi connectivity index (χ0) is 34.2. The Morgan fingerprint density at radius 2 is 1.70 bits per heavy atom. The van der Waals surface area contributed by atoms with E-state index in [-0.39, 0.29) is 37.6 Å². The van der Waals surface area contributed by atoms with Gasteiger partial charge in [0.2, 0.25) is 5.91 Å². The summed E-state index contributed by atoms with van der Waals surface area (Å²) >= 11 is 6.16. The van der Waals surface area contributed by atoms with Crippen LogP contribution in [0.4, 0.5) is 0 Å². The van der Waals surface area contributed by atoms with E-state index in [4.69, 9.17) is 36.7 Å². The molecule has 0 saturated heterocycles. The van der Waals surface area contributed by atoms with Gasteiger partial charge >= 0.3 is 17.9 Å². The number of benzene rings is 2. The Bertz CT molecular complexity index is 1360. The maximum atomic E-state index is 13.3. The number of rotatable bonds is 18. The lowest BCUT2D eigenvalue weighted by Gasteiger charge is -2.26. The predicted octanol–water partition coefficient (Wildman–Crippen LogP) is 5.22. The van der Waals surface area contributed by atoms with Crippen LogP contribution in [0, 0.1) is 17.8 Å². The number of carbonyl (C=O) groups excluding carboxylic acids is 3. The van der Waals surface area contributed by atoms with E-state index < -0.39 is 48.0 Å². The minimum atomic E-state index is -1.19. The fraction of sp³-hybridized carbons (Fsp3) is 0.429. The summed E-state index contributed by atoms with van der Waals surface area (Å²) in [7, 11) is 1.51. The molecular weight excluding hydrogens is 612 g/mol. The highest BCUT2D eigenvalue weighted by Gasteiger charge is 2.31. The molecule has 0 aliphatic heterocycles. The highest BCUT2D eigenvalue weighted by atomic mass is 35.5. The fourth-order valence-corrected chi connectivity index (χ4v) is 4.66. The molecule has 4 N–H and O–H groups in total. The lowest BCUT2D eigenvalue weighted by Crippen LogP contribution is -2.45. The van der Waals surface area contributed by atoms with Crippen molar-refractivity contribution in [3.63, 3.8) is 0 Å². The summed E-state index contributed by atoms with van der Waals surface area (Å²) in [6.07, 6.45) is 4.87. The van der Waals surface area contributed by atoms with Crippen molar-refractivity contribution >= 4 is 41.5 Å². The van der Waals surface area contributed by atoms with Gasteiger partial charge in [-0.05, 0) is 42.0 Å². The Labute approximate surface area is 275 Å². The molecule has 0 aliphatic carbocycles. The molecule has 11 heteroatoms. The van der Waals surface area contributed by atoms with Crippen molar-refractivity contribution in [1.29, 1.82) is 0 Å². The maximum absolute atomic E-state index is 13.3. The van der Waals surface area contributed by atoms with Crippen LogP contribution in [0.25, 0.3) is 6.08 Å². The average Bonchev–Trinajstić information content (AvgIpc) is 3.01. The van der Waals surface area contributed by atoms with E-state index in [0.717, 1.165) is 17.2 Å². The van der Waals surface area contributed by atoms with E-state index in [1.54, 1.807) is 25.1 Å². The third-order valence-electron chi connectivity index (χ3n) is 7.07. The van der Waals surface area contributed by atoms with Gasteiger partial charge in [-0.2, -0.15) is 0 Å². The molecule has 2 aromatic rings. The molecule has 1 amide bonds. The second kappa shape index (κ2) is 19.4. The van der Waals surface area contributed by atoms with Crippen molar-refractivity contribution in [2.75, 3.05) is 13.7 Å². The van der Waals surface area contributed by atoms with Crippen LogP contribution >= 0.6 is 11.6 Å². The van der Waals surface area contributed by atoms with Gasteiger partial charge in [0.25, 0.3) is 0 Å². The van der Waals surface area contributed by atoms with Crippen molar-refractivity contribution in [2.45, 2.75) is 65.2 Å². The van der Waals surface area contributed by atoms with Crippen molar-refractivity contribution in [3.05, 3.63) is 82.9 Å². The van der Waals surface area contributed by atoms with E-state index in [1.807, 2.05) is 63.3 Å². The van der Waals surface area contributed by atoms with E-state index in [2.05, 4.69) is 5.32 Å². The number of ether oxygens (including phenoxy) is 3. The third-order valence-corrected chi connectivity index (χ3v) is 7.37. The van der Waals surface area contributed by atoms with Gasteiger partial charge in [0.1, 0.15) is 11.9 Å². The number of aliphatic carboxylic acids is 1. The summed E-state index contributed by atoms with van der Waals surface area (Å²) < 4.78 is 16.6. The Morgan fingerprint density at radius 3 is 2.30 bits per heavy atom. The zero-order valence-electron chi connectivity index (χ0n) is 27.0. The van der Waals surface area contributed by atoms with Gasteiger partial charge in [-0.15, -0.1) is 0 Å². The maximum Gasteiger partial charge on any atom is 0.347 e. The normalized spacial score (nSPS) is 14.8. The first-order chi connectivity index (χ1) is 21.8. The number of hydrogen-bond acceptors (Lipinski definition) is 8. The molecule has 0 saturated carbocycles. The van der Waals surface area contributed by atoms with Gasteiger partial charge in [0.15, 0.2) is 6.10 Å². The molecule has 10 nitrogen and oxygen atoms in total. The Hall–Kier alpha value is -4.15. The SMILES string of the molecule is COc1ccc(C[C@@H](N)C(=O)NC[C@@H](C)C(=O)O[C@@H](CC(C)C)C(=O)O[C@H](C/C=C/C(=O)O)[C@H](C)/C=C/c2ccccc2)cc1Cl. The molecule has 0 bridgehead atoms. The molecule has 0 fully saturated rings. The molecular formula is C35H45ClN2O8. The number of nitrogens with two attached hydrogens (primary N) is 1. The van der Waals surface area contributed by atoms with E-state index >= 15 is 0 Å². The number of nitrogens with one attached hydrogen (secondary N) is 1. The van der Waals surface area contributed by atoms with Crippen molar-refractivity contribution in [3.8, 4) is 5.75 Å². The molecule has 5 atom stereocenters. The standard InChI is InChI=1S/C35H45ClN2O8/c1-22(2)18-31(35(43)45-29(12-9-13-32(39)40)23(3)14-15-25-10-7-6-8-11-25)46-34(42)24(4)21-38-33(41)28(37)20-26-16-17-30(44-5)27(36)19-26/h6-11,13-17,19,22-24,28-29,31H,12,18,20-21,37H2,1-5H3,(H,38,41)(H,39,40)/b13-9+,15-14+/t23-,24-,28-,29-,31+/m1/s1. The van der Waals surface area contributed by atoms with Crippen LogP contribution in [0.2, 0.25) is 5.02 Å². The number of amides is 1. The van der Waals surface area contributed by atoms with Crippen LogP contribution in [-0.4, -0.2) is 60.8 Å². The summed E-state index contributed by atoms with van der Waals surface area (Å²) in [5.41, 5.74) is 7.78. The zero-order valence-corrected chi connectivity index (χ0v) is 27.7. The van der Waals surface area contributed by atoms with Gasteiger partial charge in [0.05, 0.1) is 24.1 Å². The largest absolute Gasteiger partial charge is 0.495 e. The first kappa shape index (κ1) is 38.0. The van der Waals surface area contributed by atoms with Gasteiger partial charge in [-0.3, -0.25) is 9.59 Å². The minimum absolute atomic E-state index is 0.00873. The van der Waals surface area contributed by atoms with Crippen LogP contribution in [0.3, 0.4) is 0 Å². The highest BCUT2D eigenvalue weighted by molar-refractivity contribution is 6.32. The molecule has 2 aromatic carbocycles. The minimum Gasteiger partial charge on any atom is -0.495 e.